The summed E-state index contributed by atoms with van der Waals surface area (Å²) in [6, 6.07) is -0.185. The molecule has 0 unspecified atom stereocenters. The lowest BCUT2D eigenvalue weighted by molar-refractivity contribution is -0.384. The van der Waals surface area contributed by atoms with Crippen LogP contribution in [0.1, 0.15) is 32.9 Å². The lowest BCUT2D eigenvalue weighted by atomic mass is 10.2. The highest BCUT2D eigenvalue weighted by molar-refractivity contribution is 5.75. The number of carboxylic acid groups (broad SMARTS) is 1. The molecule has 0 aliphatic rings. The Morgan fingerprint density at radius 3 is 2.55 bits per heavy atom. The second kappa shape index (κ2) is 6.36. The molecule has 8 heteroatoms. The van der Waals surface area contributed by atoms with Gasteiger partial charge in [0, 0.05) is 13.1 Å². The summed E-state index contributed by atoms with van der Waals surface area (Å²) < 4.78 is 1.39. The minimum Gasteiger partial charge on any atom is -0.480 e. The topological polar surface area (TPSA) is 102 Å². The van der Waals surface area contributed by atoms with Gasteiger partial charge in [0.15, 0.2) is 0 Å². The van der Waals surface area contributed by atoms with Gasteiger partial charge in [-0.25, -0.2) is 4.68 Å². The maximum atomic E-state index is 11.3. The molecule has 112 valence electrons. The zero-order valence-electron chi connectivity index (χ0n) is 12.2. The van der Waals surface area contributed by atoms with Gasteiger partial charge in [0.1, 0.15) is 12.2 Å². The molecule has 1 heterocycles. The summed E-state index contributed by atoms with van der Waals surface area (Å²) in [5, 5.41) is 24.5. The number of carbonyl (C=O) groups is 1. The summed E-state index contributed by atoms with van der Waals surface area (Å²) in [6.07, 6.45) is 1.22. The molecule has 0 aromatic carbocycles. The van der Waals surface area contributed by atoms with E-state index in [-0.39, 0.29) is 24.1 Å². The Bertz CT molecular complexity index is 510. The summed E-state index contributed by atoms with van der Waals surface area (Å²) in [5.41, 5.74) is 0.301. The molecule has 0 spiro atoms. The molecule has 1 aromatic rings. The fourth-order valence-electron chi connectivity index (χ4n) is 2.12. The second-order valence-corrected chi connectivity index (χ2v) is 4.87. The van der Waals surface area contributed by atoms with E-state index >= 15 is 0 Å². The number of nitrogens with zero attached hydrogens (tertiary/aromatic N) is 4. The number of carboxylic acids is 1. The molecule has 1 aromatic heterocycles. The number of rotatable bonds is 7. The van der Waals surface area contributed by atoms with Gasteiger partial charge in [0.25, 0.3) is 0 Å². The van der Waals surface area contributed by atoms with Crippen molar-refractivity contribution in [3.63, 3.8) is 0 Å². The van der Waals surface area contributed by atoms with Crippen LogP contribution in [0.4, 0.5) is 11.5 Å². The SMILES string of the molecule is CCCc1nn(C)c(N(CC(=O)O)C(C)C)c1[N+](=O)[O-]. The van der Waals surface area contributed by atoms with Crippen LogP contribution in [0.5, 0.6) is 0 Å². The van der Waals surface area contributed by atoms with Crippen molar-refractivity contribution in [2.45, 2.75) is 39.7 Å². The predicted octanol–water partition coefficient (Wildman–Crippen LogP) is 1.58. The van der Waals surface area contributed by atoms with E-state index in [0.29, 0.717) is 12.1 Å². The molecule has 0 bridgehead atoms. The molecule has 0 aliphatic carbocycles. The molecule has 0 saturated heterocycles. The Kier molecular flexibility index (Phi) is 5.06. The van der Waals surface area contributed by atoms with Gasteiger partial charge in [-0.1, -0.05) is 13.3 Å². The van der Waals surface area contributed by atoms with E-state index in [4.69, 9.17) is 5.11 Å². The Hall–Kier alpha value is -2.12. The minimum atomic E-state index is -1.04. The van der Waals surface area contributed by atoms with E-state index < -0.39 is 10.9 Å². The second-order valence-electron chi connectivity index (χ2n) is 4.87. The molecule has 0 amide bonds. The molecule has 8 nitrogen and oxygen atoms in total. The van der Waals surface area contributed by atoms with Crippen LogP contribution in [0, 0.1) is 10.1 Å². The van der Waals surface area contributed by atoms with Gasteiger partial charge >= 0.3 is 11.7 Å². The fraction of sp³-hybridized carbons (Fsp3) is 0.667. The lowest BCUT2D eigenvalue weighted by Gasteiger charge is -2.25. The third kappa shape index (κ3) is 3.25. The van der Waals surface area contributed by atoms with Gasteiger partial charge in [-0.15, -0.1) is 0 Å². The number of aromatic nitrogens is 2. The van der Waals surface area contributed by atoms with Gasteiger partial charge in [-0.05, 0) is 20.3 Å². The number of aryl methyl sites for hydroxylation is 2. The molecular formula is C12H20N4O4. The molecule has 1 N–H and O–H groups in total. The van der Waals surface area contributed by atoms with Crippen LogP contribution < -0.4 is 4.90 Å². The largest absolute Gasteiger partial charge is 0.480 e. The van der Waals surface area contributed by atoms with Gasteiger partial charge in [0.2, 0.25) is 5.82 Å². The first-order valence-electron chi connectivity index (χ1n) is 6.48. The van der Waals surface area contributed by atoms with Crippen LogP contribution in [0.2, 0.25) is 0 Å². The van der Waals surface area contributed by atoms with E-state index in [9.17, 15) is 14.9 Å². The minimum absolute atomic E-state index is 0.0932. The van der Waals surface area contributed by atoms with Crippen molar-refractivity contribution in [3.8, 4) is 0 Å². The standard InChI is InChI=1S/C12H20N4O4/c1-5-6-9-11(16(19)20)12(14(4)13-9)15(8(2)3)7-10(17)18/h8H,5-7H2,1-4H3,(H,17,18). The summed E-state index contributed by atoms with van der Waals surface area (Å²) in [4.78, 5) is 23.3. The summed E-state index contributed by atoms with van der Waals surface area (Å²) in [5.74, 6) is -0.790. The van der Waals surface area contributed by atoms with Crippen LogP contribution in [0.15, 0.2) is 0 Å². The normalized spacial score (nSPS) is 10.8. The van der Waals surface area contributed by atoms with Gasteiger partial charge in [-0.2, -0.15) is 5.10 Å². The molecule has 0 aliphatic heterocycles. The zero-order valence-corrected chi connectivity index (χ0v) is 12.2. The molecule has 20 heavy (non-hydrogen) atoms. The number of anilines is 1. The van der Waals surface area contributed by atoms with Crippen molar-refractivity contribution in [2.75, 3.05) is 11.4 Å². The lowest BCUT2D eigenvalue weighted by Crippen LogP contribution is -2.37. The maximum absolute atomic E-state index is 11.3. The van der Waals surface area contributed by atoms with Gasteiger partial charge in [-0.3, -0.25) is 14.9 Å². The molecule has 1 rings (SSSR count). The first-order chi connectivity index (χ1) is 9.29. The van der Waals surface area contributed by atoms with Gasteiger partial charge < -0.3 is 10.0 Å². The number of hydrogen-bond donors (Lipinski definition) is 1. The van der Waals surface area contributed by atoms with Crippen molar-refractivity contribution in [2.24, 2.45) is 7.05 Å². The average Bonchev–Trinajstić information content (AvgIpc) is 2.62. The van der Waals surface area contributed by atoms with E-state index in [1.807, 2.05) is 6.92 Å². The van der Waals surface area contributed by atoms with E-state index in [2.05, 4.69) is 5.10 Å². The van der Waals surface area contributed by atoms with E-state index in [0.717, 1.165) is 6.42 Å². The van der Waals surface area contributed by atoms with Crippen LogP contribution in [0.3, 0.4) is 0 Å². The monoisotopic (exact) mass is 284 g/mol. The number of nitro groups is 1. The maximum Gasteiger partial charge on any atom is 0.334 e. The van der Waals surface area contributed by atoms with Crippen molar-refractivity contribution in [1.82, 2.24) is 9.78 Å². The summed E-state index contributed by atoms with van der Waals surface area (Å²) in [6.45, 7) is 5.19. The van der Waals surface area contributed by atoms with Crippen LogP contribution >= 0.6 is 0 Å². The highest BCUT2D eigenvalue weighted by Gasteiger charge is 2.32. The Morgan fingerprint density at radius 1 is 1.55 bits per heavy atom. The first-order valence-corrected chi connectivity index (χ1v) is 6.48. The van der Waals surface area contributed by atoms with Gasteiger partial charge in [0.05, 0.1) is 4.92 Å². The Labute approximate surface area is 117 Å². The average molecular weight is 284 g/mol. The number of aliphatic carboxylic acids is 1. The third-order valence-electron chi connectivity index (χ3n) is 2.93. The molecule has 0 saturated carbocycles. The van der Waals surface area contributed by atoms with Crippen LogP contribution in [-0.4, -0.2) is 38.4 Å². The van der Waals surface area contributed by atoms with E-state index in [1.54, 1.807) is 20.9 Å². The van der Waals surface area contributed by atoms with Crippen molar-refractivity contribution < 1.29 is 14.8 Å². The third-order valence-corrected chi connectivity index (χ3v) is 2.93. The molecular weight excluding hydrogens is 264 g/mol. The Balaban J connectivity index is 3.39. The van der Waals surface area contributed by atoms with Crippen molar-refractivity contribution in [1.29, 1.82) is 0 Å². The quantitative estimate of drug-likeness (QED) is 0.602. The highest BCUT2D eigenvalue weighted by atomic mass is 16.6. The summed E-state index contributed by atoms with van der Waals surface area (Å²) >= 11 is 0. The highest BCUT2D eigenvalue weighted by Crippen LogP contribution is 2.33. The predicted molar refractivity (Wildman–Crippen MR) is 74.0 cm³/mol. The zero-order chi connectivity index (χ0) is 15.4. The molecule has 0 atom stereocenters. The Morgan fingerprint density at radius 2 is 2.15 bits per heavy atom. The molecule has 0 radical (unpaired) electrons. The van der Waals surface area contributed by atoms with Crippen LogP contribution in [0.25, 0.3) is 0 Å². The molecule has 0 fully saturated rings. The van der Waals surface area contributed by atoms with Crippen molar-refractivity contribution in [3.05, 3.63) is 15.8 Å². The first kappa shape index (κ1) is 15.9. The smallest absolute Gasteiger partial charge is 0.334 e. The van der Waals surface area contributed by atoms with E-state index in [1.165, 1.54) is 9.58 Å². The number of hydrogen-bond acceptors (Lipinski definition) is 5. The summed E-state index contributed by atoms with van der Waals surface area (Å²) in [7, 11) is 1.60. The van der Waals surface area contributed by atoms with Crippen LogP contribution in [-0.2, 0) is 18.3 Å². The fourth-order valence-corrected chi connectivity index (χ4v) is 2.12. The van der Waals surface area contributed by atoms with Crippen molar-refractivity contribution >= 4 is 17.5 Å².